The summed E-state index contributed by atoms with van der Waals surface area (Å²) in [7, 11) is 0. The fourth-order valence-electron chi connectivity index (χ4n) is 3.50. The second-order valence-corrected chi connectivity index (χ2v) is 5.92. The molecule has 0 aromatic heterocycles. The number of likely N-dealkylation sites (tertiary alicyclic amines) is 1. The van der Waals surface area contributed by atoms with Gasteiger partial charge in [0, 0.05) is 38.8 Å². The number of rotatable bonds is 2. The summed E-state index contributed by atoms with van der Waals surface area (Å²) in [5, 5.41) is 3.34. The Kier molecular flexibility index (Phi) is 4.35. The van der Waals surface area contributed by atoms with Gasteiger partial charge in [0.25, 0.3) is 0 Å². The van der Waals surface area contributed by atoms with Crippen LogP contribution in [0.15, 0.2) is 0 Å². The smallest absolute Gasteiger partial charge is 0.227 e. The zero-order chi connectivity index (χ0) is 13.1. The molecule has 0 saturated carbocycles. The molecule has 0 aromatic rings. The molecule has 1 N–H and O–H groups in total. The largest absolute Gasteiger partial charge is 0.379 e. The predicted octanol–water partition coefficient (Wildman–Crippen LogP) is -0.0809. The van der Waals surface area contributed by atoms with Gasteiger partial charge in [-0.05, 0) is 25.8 Å². The molecular formula is C14H25N3O2. The topological polar surface area (TPSA) is 44.8 Å². The fourth-order valence-corrected chi connectivity index (χ4v) is 3.50. The molecule has 2 atom stereocenters. The maximum absolute atomic E-state index is 12.5. The van der Waals surface area contributed by atoms with Crippen LogP contribution in [0, 0.1) is 5.92 Å². The van der Waals surface area contributed by atoms with Gasteiger partial charge in [-0.3, -0.25) is 9.69 Å². The molecule has 5 heteroatoms. The van der Waals surface area contributed by atoms with Gasteiger partial charge in [0.2, 0.25) is 5.91 Å². The molecule has 0 radical (unpaired) electrons. The molecule has 0 spiro atoms. The minimum atomic E-state index is 0.220. The van der Waals surface area contributed by atoms with Crippen LogP contribution < -0.4 is 5.32 Å². The lowest BCUT2D eigenvalue weighted by Gasteiger charge is -2.32. The number of carbonyl (C=O) groups is 1. The zero-order valence-electron chi connectivity index (χ0n) is 11.6. The van der Waals surface area contributed by atoms with Gasteiger partial charge >= 0.3 is 0 Å². The zero-order valence-corrected chi connectivity index (χ0v) is 11.6. The Morgan fingerprint density at radius 3 is 2.74 bits per heavy atom. The first-order valence-corrected chi connectivity index (χ1v) is 7.66. The van der Waals surface area contributed by atoms with E-state index in [1.165, 1.54) is 0 Å². The van der Waals surface area contributed by atoms with Crippen molar-refractivity contribution in [2.24, 2.45) is 5.92 Å². The van der Waals surface area contributed by atoms with Gasteiger partial charge in [-0.15, -0.1) is 0 Å². The summed E-state index contributed by atoms with van der Waals surface area (Å²) in [5.74, 6) is 0.597. The van der Waals surface area contributed by atoms with Crippen molar-refractivity contribution in [1.29, 1.82) is 0 Å². The van der Waals surface area contributed by atoms with Crippen LogP contribution >= 0.6 is 0 Å². The molecule has 3 aliphatic heterocycles. The van der Waals surface area contributed by atoms with Crippen molar-refractivity contribution in [1.82, 2.24) is 15.1 Å². The van der Waals surface area contributed by atoms with E-state index in [0.717, 1.165) is 71.7 Å². The molecule has 0 bridgehead atoms. The minimum absolute atomic E-state index is 0.220. The Hall–Kier alpha value is -0.650. The van der Waals surface area contributed by atoms with Crippen LogP contribution in [0.1, 0.15) is 19.3 Å². The molecular weight excluding hydrogens is 242 g/mol. The first-order valence-electron chi connectivity index (χ1n) is 7.66. The Morgan fingerprint density at radius 1 is 1.16 bits per heavy atom. The number of amides is 1. The van der Waals surface area contributed by atoms with E-state index in [1.54, 1.807) is 0 Å². The van der Waals surface area contributed by atoms with Crippen LogP contribution in [0.25, 0.3) is 0 Å². The fraction of sp³-hybridized carbons (Fsp3) is 0.929. The van der Waals surface area contributed by atoms with Gasteiger partial charge in [0.15, 0.2) is 0 Å². The second kappa shape index (κ2) is 6.20. The number of ether oxygens (including phenoxy) is 1. The highest BCUT2D eigenvalue weighted by Crippen LogP contribution is 2.21. The van der Waals surface area contributed by atoms with E-state index in [0.29, 0.717) is 11.9 Å². The molecule has 2 unspecified atom stereocenters. The van der Waals surface area contributed by atoms with Crippen LogP contribution in [0.2, 0.25) is 0 Å². The maximum atomic E-state index is 12.5. The monoisotopic (exact) mass is 267 g/mol. The number of hydrogen-bond acceptors (Lipinski definition) is 4. The van der Waals surface area contributed by atoms with Crippen LogP contribution in [0.3, 0.4) is 0 Å². The summed E-state index contributed by atoms with van der Waals surface area (Å²) in [4.78, 5) is 17.1. The minimum Gasteiger partial charge on any atom is -0.379 e. The van der Waals surface area contributed by atoms with Gasteiger partial charge in [-0.2, -0.15) is 0 Å². The molecule has 1 amide bonds. The van der Waals surface area contributed by atoms with Crippen molar-refractivity contribution in [3.63, 3.8) is 0 Å². The Bertz CT molecular complexity index is 312. The third-order valence-corrected chi connectivity index (χ3v) is 4.68. The molecule has 0 aromatic carbocycles. The molecule has 3 saturated heterocycles. The van der Waals surface area contributed by atoms with Gasteiger partial charge in [-0.1, -0.05) is 0 Å². The standard InChI is InChI=1S/C14H25N3O2/c18-14(12-2-1-4-15-10-12)17-5-3-13(11-17)16-6-8-19-9-7-16/h12-13,15H,1-11H2. The molecule has 5 nitrogen and oxygen atoms in total. The SMILES string of the molecule is O=C(C1CCCNC1)N1CCC(N2CCOCC2)C1. The molecule has 0 aliphatic carbocycles. The highest BCUT2D eigenvalue weighted by molar-refractivity contribution is 5.79. The quantitative estimate of drug-likeness (QED) is 0.760. The van der Waals surface area contributed by atoms with Gasteiger partial charge in [0.1, 0.15) is 0 Å². The summed E-state index contributed by atoms with van der Waals surface area (Å²) in [6.07, 6.45) is 3.33. The van der Waals surface area contributed by atoms with E-state index >= 15 is 0 Å². The van der Waals surface area contributed by atoms with Crippen molar-refractivity contribution < 1.29 is 9.53 Å². The third kappa shape index (κ3) is 3.09. The Balaban J connectivity index is 1.51. The number of piperidine rings is 1. The predicted molar refractivity (Wildman–Crippen MR) is 73.0 cm³/mol. The Morgan fingerprint density at radius 2 is 2.00 bits per heavy atom. The van der Waals surface area contributed by atoms with E-state index < -0.39 is 0 Å². The molecule has 108 valence electrons. The van der Waals surface area contributed by atoms with Crippen LogP contribution in [-0.2, 0) is 9.53 Å². The molecule has 19 heavy (non-hydrogen) atoms. The molecule has 3 fully saturated rings. The number of nitrogens with zero attached hydrogens (tertiary/aromatic N) is 2. The number of carbonyl (C=O) groups excluding carboxylic acids is 1. The lowest BCUT2D eigenvalue weighted by atomic mass is 9.98. The second-order valence-electron chi connectivity index (χ2n) is 5.92. The van der Waals surface area contributed by atoms with Crippen LogP contribution in [-0.4, -0.2) is 74.2 Å². The average Bonchev–Trinajstić information content (AvgIpc) is 2.98. The highest BCUT2D eigenvalue weighted by Gasteiger charge is 2.34. The normalized spacial score (nSPS) is 33.6. The van der Waals surface area contributed by atoms with Crippen LogP contribution in [0.5, 0.6) is 0 Å². The van der Waals surface area contributed by atoms with Crippen LogP contribution in [0.4, 0.5) is 0 Å². The number of hydrogen-bond donors (Lipinski definition) is 1. The first kappa shape index (κ1) is 13.3. The number of nitrogens with one attached hydrogen (secondary N) is 1. The molecule has 3 aliphatic rings. The summed E-state index contributed by atoms with van der Waals surface area (Å²) in [6, 6.07) is 0.560. The molecule has 3 heterocycles. The van der Waals surface area contributed by atoms with Crippen molar-refractivity contribution in [3.8, 4) is 0 Å². The average molecular weight is 267 g/mol. The van der Waals surface area contributed by atoms with Crippen molar-refractivity contribution in [3.05, 3.63) is 0 Å². The van der Waals surface area contributed by atoms with Gasteiger partial charge in [-0.25, -0.2) is 0 Å². The Labute approximate surface area is 115 Å². The van der Waals surface area contributed by atoms with Crippen molar-refractivity contribution in [2.45, 2.75) is 25.3 Å². The van der Waals surface area contributed by atoms with E-state index in [-0.39, 0.29) is 5.92 Å². The highest BCUT2D eigenvalue weighted by atomic mass is 16.5. The van der Waals surface area contributed by atoms with Crippen molar-refractivity contribution in [2.75, 3.05) is 52.5 Å². The van der Waals surface area contributed by atoms with E-state index in [2.05, 4.69) is 15.1 Å². The lowest BCUT2D eigenvalue weighted by molar-refractivity contribution is -0.135. The van der Waals surface area contributed by atoms with E-state index in [9.17, 15) is 4.79 Å². The van der Waals surface area contributed by atoms with Gasteiger partial charge in [0.05, 0.1) is 19.1 Å². The summed E-state index contributed by atoms with van der Waals surface area (Å²) in [6.45, 7) is 7.55. The molecule has 3 rings (SSSR count). The summed E-state index contributed by atoms with van der Waals surface area (Å²) in [5.41, 5.74) is 0. The summed E-state index contributed by atoms with van der Waals surface area (Å²) < 4.78 is 5.40. The van der Waals surface area contributed by atoms with E-state index in [4.69, 9.17) is 4.74 Å². The summed E-state index contributed by atoms with van der Waals surface area (Å²) >= 11 is 0. The van der Waals surface area contributed by atoms with E-state index in [1.807, 2.05) is 0 Å². The number of morpholine rings is 1. The van der Waals surface area contributed by atoms with Crippen molar-refractivity contribution >= 4 is 5.91 Å². The maximum Gasteiger partial charge on any atom is 0.227 e. The van der Waals surface area contributed by atoms with Gasteiger partial charge < -0.3 is 15.0 Å². The lowest BCUT2D eigenvalue weighted by Crippen LogP contribution is -2.46. The first-order chi connectivity index (χ1) is 9.34. The third-order valence-electron chi connectivity index (χ3n) is 4.68.